The molecule has 164 valence electrons. The molecule has 2 atom stereocenters. The average molecular weight is 470 g/mol. The van der Waals surface area contributed by atoms with E-state index in [1.54, 1.807) is 7.11 Å². The third-order valence-electron chi connectivity index (χ3n) is 5.06. The van der Waals surface area contributed by atoms with Gasteiger partial charge in [0, 0.05) is 31.8 Å². The number of carbonyl (C=O) groups is 2. The number of amides is 2. The van der Waals surface area contributed by atoms with Gasteiger partial charge in [0.2, 0.25) is 5.91 Å². The van der Waals surface area contributed by atoms with Crippen molar-refractivity contribution in [3.8, 4) is 0 Å². The number of fused-ring (bicyclic) bond motifs is 1. The highest BCUT2D eigenvalue weighted by Crippen LogP contribution is 2.23. The van der Waals surface area contributed by atoms with Crippen LogP contribution in [-0.2, 0) is 20.9 Å². The molecule has 2 unspecified atom stereocenters. The summed E-state index contributed by atoms with van der Waals surface area (Å²) in [5.74, 6) is 1.43. The Morgan fingerprint density at radius 2 is 2.00 bits per heavy atom. The second kappa shape index (κ2) is 10.8. The number of hydrogen-bond acceptors (Lipinski definition) is 5. The smallest absolute Gasteiger partial charge is 0.258 e. The van der Waals surface area contributed by atoms with Gasteiger partial charge in [-0.3, -0.25) is 9.59 Å². The molecular formula is C21H28ClN3O3S2. The highest BCUT2D eigenvalue weighted by Gasteiger charge is 2.25. The zero-order chi connectivity index (χ0) is 21.7. The zero-order valence-electron chi connectivity index (χ0n) is 17.6. The first kappa shape index (κ1) is 23.3. The van der Waals surface area contributed by atoms with Crippen molar-refractivity contribution in [1.29, 1.82) is 0 Å². The number of piperidine rings is 1. The number of thioether (sulfide) groups is 1. The summed E-state index contributed by atoms with van der Waals surface area (Å²) in [4.78, 5) is 31.8. The number of likely N-dealkylation sites (tertiary alicyclic amines) is 1. The summed E-state index contributed by atoms with van der Waals surface area (Å²) in [6.45, 7) is 7.11. The fourth-order valence-electron chi connectivity index (χ4n) is 3.85. The number of hydrogen-bond donors (Lipinski definition) is 0. The van der Waals surface area contributed by atoms with Crippen LogP contribution in [0.25, 0.3) is 10.2 Å². The molecule has 3 rings (SSSR count). The standard InChI is InChI=1S/C21H28ClN3O3S2/c1-14-8-15(2)11-24(10-14)20(27)13-29-12-19(26)23-21-25(6-7-28-3)17-5-4-16(22)9-18(17)30-21/h4-5,9,14-15H,6-8,10-13H2,1-3H3. The third kappa shape index (κ3) is 6.09. The lowest BCUT2D eigenvalue weighted by molar-refractivity contribution is -0.130. The first-order valence-electron chi connectivity index (χ1n) is 10.1. The molecule has 2 aromatic rings. The van der Waals surface area contributed by atoms with Gasteiger partial charge in [-0.1, -0.05) is 36.8 Å². The van der Waals surface area contributed by atoms with Gasteiger partial charge in [0.05, 0.1) is 28.3 Å². The number of nitrogens with zero attached hydrogens (tertiary/aromatic N) is 3. The summed E-state index contributed by atoms with van der Waals surface area (Å²) in [6, 6.07) is 5.64. The molecule has 1 fully saturated rings. The van der Waals surface area contributed by atoms with Crippen LogP contribution < -0.4 is 4.80 Å². The van der Waals surface area contributed by atoms with Gasteiger partial charge in [0.1, 0.15) is 0 Å². The Morgan fingerprint density at radius 1 is 1.27 bits per heavy atom. The van der Waals surface area contributed by atoms with Crippen molar-refractivity contribution in [3.05, 3.63) is 28.0 Å². The van der Waals surface area contributed by atoms with E-state index in [0.29, 0.717) is 40.6 Å². The van der Waals surface area contributed by atoms with Crippen molar-refractivity contribution in [2.75, 3.05) is 38.3 Å². The molecule has 1 aromatic heterocycles. The van der Waals surface area contributed by atoms with E-state index >= 15 is 0 Å². The van der Waals surface area contributed by atoms with E-state index in [0.717, 1.165) is 29.7 Å². The number of thiazole rings is 1. The molecule has 9 heteroatoms. The molecule has 6 nitrogen and oxygen atoms in total. The number of carbonyl (C=O) groups excluding carboxylic acids is 2. The largest absolute Gasteiger partial charge is 0.383 e. The summed E-state index contributed by atoms with van der Waals surface area (Å²) in [7, 11) is 1.64. The first-order valence-corrected chi connectivity index (χ1v) is 12.4. The molecule has 0 radical (unpaired) electrons. The Kier molecular flexibility index (Phi) is 8.39. The van der Waals surface area contributed by atoms with E-state index in [1.165, 1.54) is 23.1 Å². The normalized spacial score (nSPS) is 20.1. The van der Waals surface area contributed by atoms with Crippen molar-refractivity contribution in [1.82, 2.24) is 9.47 Å². The number of halogens is 1. The second-order valence-electron chi connectivity index (χ2n) is 7.88. The van der Waals surface area contributed by atoms with Crippen LogP contribution >= 0.6 is 34.7 Å². The Labute approximate surface area is 190 Å². The van der Waals surface area contributed by atoms with Gasteiger partial charge in [-0.05, 0) is 36.5 Å². The predicted octanol–water partition coefficient (Wildman–Crippen LogP) is 3.67. The topological polar surface area (TPSA) is 63.9 Å². The minimum atomic E-state index is -0.239. The molecule has 2 heterocycles. The lowest BCUT2D eigenvalue weighted by atomic mass is 9.92. The number of aromatic nitrogens is 1. The molecule has 0 saturated carbocycles. The Morgan fingerprint density at radius 3 is 2.70 bits per heavy atom. The maximum absolute atomic E-state index is 12.5. The molecule has 1 aliphatic rings. The SMILES string of the molecule is COCCn1c(=NC(=O)CSCC(=O)N2CC(C)CC(C)C2)sc2cc(Cl)ccc21. The second-order valence-corrected chi connectivity index (χ2v) is 10.3. The van der Waals surface area contributed by atoms with E-state index in [9.17, 15) is 9.59 Å². The maximum Gasteiger partial charge on any atom is 0.258 e. The van der Waals surface area contributed by atoms with Crippen LogP contribution in [0.2, 0.25) is 5.02 Å². The number of methoxy groups -OCH3 is 1. The highest BCUT2D eigenvalue weighted by molar-refractivity contribution is 8.00. The van der Waals surface area contributed by atoms with E-state index in [4.69, 9.17) is 16.3 Å². The molecule has 0 N–H and O–H groups in total. The predicted molar refractivity (Wildman–Crippen MR) is 124 cm³/mol. The Balaban J connectivity index is 1.64. The molecule has 30 heavy (non-hydrogen) atoms. The Hall–Kier alpha value is -1.35. The lowest BCUT2D eigenvalue weighted by Crippen LogP contribution is -2.43. The van der Waals surface area contributed by atoms with E-state index in [1.807, 2.05) is 27.7 Å². The molecule has 2 amide bonds. The molecule has 1 aromatic carbocycles. The van der Waals surface area contributed by atoms with Gasteiger partial charge in [0.25, 0.3) is 5.91 Å². The van der Waals surface area contributed by atoms with Crippen LogP contribution in [0.5, 0.6) is 0 Å². The maximum atomic E-state index is 12.5. The van der Waals surface area contributed by atoms with Crippen molar-refractivity contribution in [2.24, 2.45) is 16.8 Å². The van der Waals surface area contributed by atoms with E-state index < -0.39 is 0 Å². The summed E-state index contributed by atoms with van der Waals surface area (Å²) in [5.41, 5.74) is 0.976. The van der Waals surface area contributed by atoms with E-state index in [2.05, 4.69) is 18.8 Å². The van der Waals surface area contributed by atoms with Crippen molar-refractivity contribution in [2.45, 2.75) is 26.8 Å². The lowest BCUT2D eigenvalue weighted by Gasteiger charge is -2.35. The van der Waals surface area contributed by atoms with Crippen molar-refractivity contribution >= 4 is 56.7 Å². The molecule has 0 bridgehead atoms. The summed E-state index contributed by atoms with van der Waals surface area (Å²) in [5, 5.41) is 0.649. The molecule has 0 spiro atoms. The number of ether oxygens (including phenoxy) is 1. The fourth-order valence-corrected chi connectivity index (χ4v) is 5.90. The third-order valence-corrected chi connectivity index (χ3v) is 7.24. The Bertz CT molecular complexity index is 962. The quantitative estimate of drug-likeness (QED) is 0.620. The van der Waals surface area contributed by atoms with Crippen LogP contribution in [0.4, 0.5) is 0 Å². The summed E-state index contributed by atoms with van der Waals surface area (Å²) >= 11 is 8.87. The monoisotopic (exact) mass is 469 g/mol. The van der Waals surface area contributed by atoms with E-state index in [-0.39, 0.29) is 17.6 Å². The number of rotatable bonds is 7. The van der Waals surface area contributed by atoms with Gasteiger partial charge in [0.15, 0.2) is 4.80 Å². The van der Waals surface area contributed by atoms with Gasteiger partial charge in [-0.15, -0.1) is 11.8 Å². The van der Waals surface area contributed by atoms with Crippen LogP contribution in [-0.4, -0.2) is 59.6 Å². The van der Waals surface area contributed by atoms with Crippen LogP contribution in [0.1, 0.15) is 20.3 Å². The highest BCUT2D eigenvalue weighted by atomic mass is 35.5. The minimum Gasteiger partial charge on any atom is -0.383 e. The molecule has 1 saturated heterocycles. The van der Waals surface area contributed by atoms with Gasteiger partial charge in [-0.25, -0.2) is 0 Å². The molecule has 0 aliphatic carbocycles. The van der Waals surface area contributed by atoms with Crippen molar-refractivity contribution < 1.29 is 14.3 Å². The van der Waals surface area contributed by atoms with Crippen LogP contribution in [0.3, 0.4) is 0 Å². The zero-order valence-corrected chi connectivity index (χ0v) is 20.0. The average Bonchev–Trinajstić information content (AvgIpc) is 3.01. The van der Waals surface area contributed by atoms with Crippen molar-refractivity contribution in [3.63, 3.8) is 0 Å². The molecular weight excluding hydrogens is 442 g/mol. The van der Waals surface area contributed by atoms with Crippen LogP contribution in [0, 0.1) is 11.8 Å². The minimum absolute atomic E-state index is 0.109. The molecule has 1 aliphatic heterocycles. The fraction of sp³-hybridized carbons (Fsp3) is 0.571. The van der Waals surface area contributed by atoms with Crippen LogP contribution in [0.15, 0.2) is 23.2 Å². The van der Waals surface area contributed by atoms with Gasteiger partial charge in [-0.2, -0.15) is 4.99 Å². The van der Waals surface area contributed by atoms with Gasteiger partial charge < -0.3 is 14.2 Å². The van der Waals surface area contributed by atoms with Gasteiger partial charge >= 0.3 is 0 Å². The first-order chi connectivity index (χ1) is 14.4. The summed E-state index contributed by atoms with van der Waals surface area (Å²) < 4.78 is 8.15. The summed E-state index contributed by atoms with van der Waals surface area (Å²) in [6.07, 6.45) is 1.16. The number of benzene rings is 1.